The summed E-state index contributed by atoms with van der Waals surface area (Å²) >= 11 is 1.53. The lowest BCUT2D eigenvalue weighted by Crippen LogP contribution is -2.51. The fourth-order valence-corrected chi connectivity index (χ4v) is 8.56. The molecule has 2 fully saturated rings. The second-order valence-electron chi connectivity index (χ2n) is 16.4. The molecule has 1 saturated heterocycles. The number of imidazole rings is 1. The highest BCUT2D eigenvalue weighted by Crippen LogP contribution is 2.50. The number of fused-ring (bicyclic) bond motifs is 5. The molecule has 0 spiro atoms. The number of nitrogens with one attached hydrogen (secondary N) is 2. The highest BCUT2D eigenvalue weighted by Gasteiger charge is 2.52. The van der Waals surface area contributed by atoms with Gasteiger partial charge in [-0.25, -0.2) is 23.5 Å². The van der Waals surface area contributed by atoms with Crippen molar-refractivity contribution in [3.63, 3.8) is 0 Å². The molecular weight excluding hydrogens is 753 g/mol. The monoisotopic (exact) mass is 800 g/mol. The van der Waals surface area contributed by atoms with Crippen LogP contribution in [0.3, 0.4) is 0 Å². The number of aromatic nitrogens is 4. The van der Waals surface area contributed by atoms with E-state index in [9.17, 15) is 9.59 Å². The molecule has 0 radical (unpaired) electrons. The Balaban J connectivity index is 1.16. The molecule has 1 saturated carbocycles. The van der Waals surface area contributed by atoms with E-state index in [0.29, 0.717) is 52.3 Å². The standard InChI is InChI=1S/C41H47BF2N6O6S/c1-9-14-49(37(51)34(21(2)3)48-39(52)53-8)20-31-45-18-27(47-31)23-15-26(43)32-29(16-23)54-38(30-19-46-36(57-30)22-10-11-22)50-28-13-12-24(17-25(28)33(44)35(32)50)42-55-40(4,5)41(6,7)56-42/h12-13,15-19,21-22,34,38H,9-11,14,20H2,1-8H3,(H,45,47)(H,48,52). The van der Waals surface area contributed by atoms with Gasteiger partial charge in [-0.1, -0.05) is 32.9 Å². The average Bonchev–Trinajstić information content (AvgIpc) is 3.47. The minimum absolute atomic E-state index is 0.00473. The third-order valence-electron chi connectivity index (χ3n) is 11.4. The minimum Gasteiger partial charge on any atom is -0.464 e. The number of nitrogens with zero attached hydrogens (tertiary/aromatic N) is 4. The van der Waals surface area contributed by atoms with Crippen LogP contribution in [0.15, 0.2) is 42.7 Å². The van der Waals surface area contributed by atoms with Gasteiger partial charge >= 0.3 is 13.2 Å². The van der Waals surface area contributed by atoms with Crippen LogP contribution < -0.4 is 15.5 Å². The number of thiazole rings is 1. The molecule has 2 atom stereocenters. The van der Waals surface area contributed by atoms with Gasteiger partial charge in [-0.3, -0.25) is 9.36 Å². The van der Waals surface area contributed by atoms with Gasteiger partial charge in [0.05, 0.1) is 63.4 Å². The van der Waals surface area contributed by atoms with Gasteiger partial charge in [0.1, 0.15) is 23.4 Å². The van der Waals surface area contributed by atoms with Crippen LogP contribution in [0.5, 0.6) is 5.75 Å². The van der Waals surface area contributed by atoms with E-state index in [4.69, 9.17) is 23.8 Å². The van der Waals surface area contributed by atoms with Crippen molar-refractivity contribution < 1.29 is 37.2 Å². The zero-order chi connectivity index (χ0) is 40.6. The first kappa shape index (κ1) is 39.0. The maximum atomic E-state index is 17.0. The lowest BCUT2D eigenvalue weighted by atomic mass is 9.78. The molecule has 57 heavy (non-hydrogen) atoms. The molecule has 12 nitrogen and oxygen atoms in total. The number of H-pyrrole nitrogens is 1. The Morgan fingerprint density at radius 2 is 1.84 bits per heavy atom. The Morgan fingerprint density at radius 1 is 1.11 bits per heavy atom. The van der Waals surface area contributed by atoms with Crippen molar-refractivity contribution >= 4 is 46.8 Å². The number of carbonyl (C=O) groups excluding carboxylic acids is 2. The summed E-state index contributed by atoms with van der Waals surface area (Å²) in [5, 5.41) is 3.93. The molecule has 5 heterocycles. The van der Waals surface area contributed by atoms with Crippen LogP contribution in [0, 0.1) is 17.6 Å². The van der Waals surface area contributed by atoms with Crippen molar-refractivity contribution in [2.45, 2.75) is 104 Å². The van der Waals surface area contributed by atoms with Gasteiger partial charge in [0.15, 0.2) is 5.82 Å². The van der Waals surface area contributed by atoms with Gasteiger partial charge < -0.3 is 34.0 Å². The smallest absolute Gasteiger partial charge is 0.464 e. The summed E-state index contributed by atoms with van der Waals surface area (Å²) in [7, 11) is 0.538. The third kappa shape index (κ3) is 6.99. The number of methoxy groups -OCH3 is 1. The van der Waals surface area contributed by atoms with Crippen molar-refractivity contribution in [1.29, 1.82) is 0 Å². The molecular formula is C41H47BF2N6O6S. The first-order chi connectivity index (χ1) is 27.1. The highest BCUT2D eigenvalue weighted by atomic mass is 32.1. The topological polar surface area (TPSA) is 133 Å². The molecule has 2 aliphatic heterocycles. The number of ether oxygens (including phenoxy) is 2. The van der Waals surface area contributed by atoms with E-state index in [0.717, 1.165) is 22.7 Å². The molecule has 0 bridgehead atoms. The first-order valence-electron chi connectivity index (χ1n) is 19.4. The van der Waals surface area contributed by atoms with Crippen LogP contribution in [0.1, 0.15) is 95.6 Å². The Bertz CT molecular complexity index is 2350. The van der Waals surface area contributed by atoms with Crippen molar-refractivity contribution in [2.75, 3.05) is 13.7 Å². The molecule has 2 N–H and O–H groups in total. The second kappa shape index (κ2) is 14.5. The van der Waals surface area contributed by atoms with Crippen LogP contribution in [0.4, 0.5) is 13.6 Å². The van der Waals surface area contributed by atoms with E-state index in [1.165, 1.54) is 24.5 Å². The fourth-order valence-electron chi connectivity index (χ4n) is 7.45. The molecule has 16 heteroatoms. The fraction of sp³-hybridized carbons (Fsp3) is 0.463. The van der Waals surface area contributed by atoms with E-state index in [2.05, 4.69) is 15.3 Å². The number of carbonyl (C=O) groups is 2. The average molecular weight is 801 g/mol. The zero-order valence-electron chi connectivity index (χ0n) is 33.4. The number of rotatable bonds is 11. The lowest BCUT2D eigenvalue weighted by Gasteiger charge is -2.32. The molecule has 3 aromatic heterocycles. The van der Waals surface area contributed by atoms with E-state index >= 15 is 8.78 Å². The molecule has 300 valence electrons. The summed E-state index contributed by atoms with van der Waals surface area (Å²) in [6.07, 6.45) is 4.65. The van der Waals surface area contributed by atoms with Crippen LogP contribution >= 0.6 is 11.3 Å². The van der Waals surface area contributed by atoms with Gasteiger partial charge in [-0.15, -0.1) is 11.3 Å². The summed E-state index contributed by atoms with van der Waals surface area (Å²) in [4.78, 5) is 40.5. The third-order valence-corrected chi connectivity index (χ3v) is 12.6. The molecule has 2 unspecified atom stereocenters. The Morgan fingerprint density at radius 3 is 2.51 bits per heavy atom. The minimum atomic E-state index is -0.819. The number of amides is 2. The van der Waals surface area contributed by atoms with E-state index in [1.54, 1.807) is 34.0 Å². The number of aromatic amines is 1. The molecule has 2 amide bonds. The Kier molecular flexibility index (Phi) is 9.96. The van der Waals surface area contributed by atoms with Crippen LogP contribution in [0.25, 0.3) is 33.4 Å². The van der Waals surface area contributed by atoms with Gasteiger partial charge in [0.25, 0.3) is 0 Å². The summed E-state index contributed by atoms with van der Waals surface area (Å²) in [5.41, 5.74) is 1.01. The molecule has 2 aromatic carbocycles. The number of alkyl carbamates (subject to hydrolysis) is 1. The molecule has 3 aliphatic rings. The summed E-state index contributed by atoms with van der Waals surface area (Å²) < 4.78 is 59.4. The van der Waals surface area contributed by atoms with E-state index < -0.39 is 48.3 Å². The predicted molar refractivity (Wildman–Crippen MR) is 213 cm³/mol. The molecule has 8 rings (SSSR count). The van der Waals surface area contributed by atoms with Crippen molar-refractivity contribution in [3.05, 3.63) is 70.1 Å². The zero-order valence-corrected chi connectivity index (χ0v) is 34.2. The normalized spacial score (nSPS) is 18.6. The van der Waals surface area contributed by atoms with E-state index in [1.807, 2.05) is 60.6 Å². The molecule has 1 aliphatic carbocycles. The van der Waals surface area contributed by atoms with Crippen molar-refractivity contribution in [3.8, 4) is 28.3 Å². The maximum absolute atomic E-state index is 17.0. The quantitative estimate of drug-likeness (QED) is 0.130. The number of halogens is 2. The van der Waals surface area contributed by atoms with Crippen LogP contribution in [0.2, 0.25) is 0 Å². The molecule has 5 aromatic rings. The lowest BCUT2D eigenvalue weighted by molar-refractivity contribution is -0.135. The Labute approximate surface area is 334 Å². The summed E-state index contributed by atoms with van der Waals surface area (Å²) in [6, 6.07) is 7.60. The van der Waals surface area contributed by atoms with Crippen molar-refractivity contribution in [2.24, 2.45) is 5.92 Å². The number of benzene rings is 2. The number of hydrogen-bond donors (Lipinski definition) is 2. The largest absolute Gasteiger partial charge is 0.494 e. The van der Waals surface area contributed by atoms with Crippen LogP contribution in [-0.4, -0.2) is 74.4 Å². The second-order valence-corrected chi connectivity index (χ2v) is 17.5. The van der Waals surface area contributed by atoms with Gasteiger partial charge in [-0.05, 0) is 76.5 Å². The van der Waals surface area contributed by atoms with Gasteiger partial charge in [-0.2, -0.15) is 0 Å². The Hall–Kier alpha value is -4.80. The SMILES string of the molecule is CCCN(Cc1ncc(-c2cc(F)c3c(c2)OC(c2cnc(C4CC4)s2)n2c-3c(F)c3cc(B4OC(C)(C)C(C)(C)O4)ccc32)[nH]1)C(=O)C(NC(=O)OC)C(C)C. The maximum Gasteiger partial charge on any atom is 0.494 e. The highest BCUT2D eigenvalue weighted by molar-refractivity contribution is 7.11. The summed E-state index contributed by atoms with van der Waals surface area (Å²) in [5.74, 6) is -0.690. The number of hydrogen-bond acceptors (Lipinski definition) is 9. The van der Waals surface area contributed by atoms with Gasteiger partial charge in [0, 0.05) is 29.6 Å². The summed E-state index contributed by atoms with van der Waals surface area (Å²) in [6.45, 7) is 14.0. The van der Waals surface area contributed by atoms with Crippen LogP contribution in [-0.2, 0) is 25.4 Å². The van der Waals surface area contributed by atoms with E-state index in [-0.39, 0.29) is 35.4 Å². The van der Waals surface area contributed by atoms with Crippen molar-refractivity contribution in [1.82, 2.24) is 29.7 Å². The predicted octanol–water partition coefficient (Wildman–Crippen LogP) is 7.67. The first-order valence-corrected chi connectivity index (χ1v) is 20.2. The van der Waals surface area contributed by atoms with Gasteiger partial charge in [0.2, 0.25) is 12.1 Å².